The van der Waals surface area contributed by atoms with E-state index in [1.165, 1.54) is 0 Å². The molecule has 0 radical (unpaired) electrons. The quantitative estimate of drug-likeness (QED) is 0.572. The highest BCUT2D eigenvalue weighted by atomic mass is 32.1. The van der Waals surface area contributed by atoms with E-state index in [9.17, 15) is 4.79 Å². The summed E-state index contributed by atoms with van der Waals surface area (Å²) in [5, 5.41) is 5.07. The van der Waals surface area contributed by atoms with Gasteiger partial charge < -0.3 is 5.32 Å². The molecule has 1 aromatic carbocycles. The van der Waals surface area contributed by atoms with Crippen molar-refractivity contribution < 1.29 is 4.79 Å². The molecule has 3 heterocycles. The predicted octanol–water partition coefficient (Wildman–Crippen LogP) is 4.63. The van der Waals surface area contributed by atoms with Crippen LogP contribution in [-0.4, -0.2) is 15.3 Å². The second-order valence-corrected chi connectivity index (χ2v) is 6.70. The number of nitrogens with one attached hydrogen (secondary N) is 1. The highest BCUT2D eigenvalue weighted by Gasteiger charge is 2.16. The zero-order valence-electron chi connectivity index (χ0n) is 13.6. The summed E-state index contributed by atoms with van der Waals surface area (Å²) in [6.45, 7) is 0. The number of nitrogens with zero attached hydrogens (tertiary/aromatic N) is 2. The fourth-order valence-corrected chi connectivity index (χ4v) is 3.51. The summed E-state index contributed by atoms with van der Waals surface area (Å²) in [7, 11) is 0. The molecule has 1 amide bonds. The minimum absolute atomic E-state index is 0.00712. The Morgan fingerprint density at radius 3 is 2.68 bits per heavy atom. The van der Waals surface area contributed by atoms with Crippen LogP contribution in [0.2, 0.25) is 0 Å². The molecule has 4 nitrogen and oxygen atoms in total. The minimum Gasteiger partial charge on any atom is -0.310 e. The molecule has 0 aliphatic carbocycles. The van der Waals surface area contributed by atoms with Crippen LogP contribution >= 0.6 is 11.3 Å². The monoisotopic (exact) mass is 347 g/mol. The van der Waals surface area contributed by atoms with Gasteiger partial charge in [0.2, 0.25) is 5.91 Å². The normalized spacial score (nSPS) is 10.9. The van der Waals surface area contributed by atoms with Crippen molar-refractivity contribution in [3.8, 4) is 10.6 Å². The molecule has 25 heavy (non-hydrogen) atoms. The number of pyridine rings is 1. The molecule has 0 fully saturated rings. The summed E-state index contributed by atoms with van der Waals surface area (Å²) < 4.78 is 1.93. The number of amides is 1. The maximum atomic E-state index is 12.5. The molecule has 1 N–H and O–H groups in total. The first-order chi connectivity index (χ1) is 12.3. The topological polar surface area (TPSA) is 46.4 Å². The standard InChI is InChI=1S/C20H17N3OS/c24-18(12-11-15-7-2-1-3-8-15)22-20-19(16-9-6-14-25-16)21-17-10-4-5-13-23(17)20/h1-10,13-14H,11-12H2,(H,22,24). The second-order valence-electron chi connectivity index (χ2n) is 5.75. The number of rotatable bonds is 5. The van der Waals surface area contributed by atoms with E-state index in [0.717, 1.165) is 34.0 Å². The van der Waals surface area contributed by atoms with Gasteiger partial charge in [-0.15, -0.1) is 11.3 Å². The highest BCUT2D eigenvalue weighted by Crippen LogP contribution is 2.32. The van der Waals surface area contributed by atoms with Gasteiger partial charge in [-0.3, -0.25) is 9.20 Å². The number of hydrogen-bond donors (Lipinski definition) is 1. The zero-order chi connectivity index (χ0) is 17.1. The number of carbonyl (C=O) groups excluding carboxylic acids is 1. The Bertz CT molecular complexity index is 990. The molecule has 0 spiro atoms. The molecule has 0 saturated carbocycles. The summed E-state index contributed by atoms with van der Waals surface area (Å²) in [5.74, 6) is 0.725. The Balaban J connectivity index is 1.60. The summed E-state index contributed by atoms with van der Waals surface area (Å²) in [6.07, 6.45) is 3.08. The van der Waals surface area contributed by atoms with E-state index in [1.54, 1.807) is 11.3 Å². The van der Waals surface area contributed by atoms with Gasteiger partial charge in [-0.05, 0) is 35.6 Å². The maximum Gasteiger partial charge on any atom is 0.225 e. The van der Waals surface area contributed by atoms with Crippen LogP contribution in [0, 0.1) is 0 Å². The fraction of sp³-hybridized carbons (Fsp3) is 0.100. The van der Waals surface area contributed by atoms with E-state index in [4.69, 9.17) is 0 Å². The van der Waals surface area contributed by atoms with Crippen molar-refractivity contribution in [2.75, 3.05) is 5.32 Å². The van der Waals surface area contributed by atoms with Gasteiger partial charge in [-0.1, -0.05) is 42.5 Å². The van der Waals surface area contributed by atoms with Gasteiger partial charge in [-0.2, -0.15) is 0 Å². The third kappa shape index (κ3) is 3.32. The molecule has 124 valence electrons. The Kier molecular flexibility index (Phi) is 4.31. The van der Waals surface area contributed by atoms with E-state index < -0.39 is 0 Å². The SMILES string of the molecule is O=C(CCc1ccccc1)Nc1c(-c2cccs2)nc2ccccn12. The van der Waals surface area contributed by atoms with E-state index >= 15 is 0 Å². The van der Waals surface area contributed by atoms with Crippen LogP contribution in [0.5, 0.6) is 0 Å². The lowest BCUT2D eigenvalue weighted by Gasteiger charge is -2.07. The van der Waals surface area contributed by atoms with Gasteiger partial charge in [0.1, 0.15) is 17.2 Å². The number of hydrogen-bond acceptors (Lipinski definition) is 3. The number of benzene rings is 1. The molecule has 0 bridgehead atoms. The number of fused-ring (bicyclic) bond motifs is 1. The number of imidazole rings is 1. The Labute approximate surface area is 149 Å². The third-order valence-electron chi connectivity index (χ3n) is 4.03. The van der Waals surface area contributed by atoms with Gasteiger partial charge in [0, 0.05) is 12.6 Å². The molecule has 0 aliphatic heterocycles. The first-order valence-corrected chi connectivity index (χ1v) is 9.04. The molecule has 4 rings (SSSR count). The maximum absolute atomic E-state index is 12.5. The first kappa shape index (κ1) is 15.6. The molecule has 3 aromatic heterocycles. The number of anilines is 1. The average molecular weight is 347 g/mol. The molecule has 0 unspecified atom stereocenters. The van der Waals surface area contributed by atoms with Crippen molar-refractivity contribution in [2.45, 2.75) is 12.8 Å². The van der Waals surface area contributed by atoms with E-state index in [0.29, 0.717) is 6.42 Å². The van der Waals surface area contributed by atoms with Crippen molar-refractivity contribution in [3.05, 3.63) is 77.8 Å². The first-order valence-electron chi connectivity index (χ1n) is 8.16. The van der Waals surface area contributed by atoms with E-state index in [2.05, 4.69) is 10.3 Å². The molecule has 0 saturated heterocycles. The second kappa shape index (κ2) is 6.91. The smallest absolute Gasteiger partial charge is 0.225 e. The Morgan fingerprint density at radius 1 is 1.04 bits per heavy atom. The number of aryl methyl sites for hydroxylation is 1. The van der Waals surface area contributed by atoms with Crippen molar-refractivity contribution in [1.82, 2.24) is 9.38 Å². The highest BCUT2D eigenvalue weighted by molar-refractivity contribution is 7.13. The fourth-order valence-electron chi connectivity index (χ4n) is 2.80. The van der Waals surface area contributed by atoms with Crippen LogP contribution in [0.25, 0.3) is 16.2 Å². The van der Waals surface area contributed by atoms with Crippen molar-refractivity contribution in [2.24, 2.45) is 0 Å². The van der Waals surface area contributed by atoms with Crippen LogP contribution < -0.4 is 5.32 Å². The van der Waals surface area contributed by atoms with E-state index in [1.807, 2.05) is 76.6 Å². The summed E-state index contributed by atoms with van der Waals surface area (Å²) in [5.41, 5.74) is 2.80. The lowest BCUT2D eigenvalue weighted by molar-refractivity contribution is -0.116. The van der Waals surface area contributed by atoms with Crippen LogP contribution in [0.15, 0.2) is 72.2 Å². The molecule has 4 aromatic rings. The summed E-state index contributed by atoms with van der Waals surface area (Å²) in [4.78, 5) is 18.2. The van der Waals surface area contributed by atoms with Crippen LogP contribution in [0.3, 0.4) is 0 Å². The van der Waals surface area contributed by atoms with Crippen LogP contribution in [-0.2, 0) is 11.2 Å². The summed E-state index contributed by atoms with van der Waals surface area (Å²) in [6, 6.07) is 19.9. The molecular formula is C20H17N3OS. The lowest BCUT2D eigenvalue weighted by Crippen LogP contribution is -2.14. The van der Waals surface area contributed by atoms with Crippen LogP contribution in [0.1, 0.15) is 12.0 Å². The molecule has 5 heteroatoms. The zero-order valence-corrected chi connectivity index (χ0v) is 14.4. The van der Waals surface area contributed by atoms with Gasteiger partial charge in [0.05, 0.1) is 4.88 Å². The molecular weight excluding hydrogens is 330 g/mol. The van der Waals surface area contributed by atoms with Gasteiger partial charge in [0.15, 0.2) is 0 Å². The van der Waals surface area contributed by atoms with Gasteiger partial charge in [0.25, 0.3) is 0 Å². The lowest BCUT2D eigenvalue weighted by atomic mass is 10.1. The molecule has 0 aliphatic rings. The predicted molar refractivity (Wildman–Crippen MR) is 102 cm³/mol. The summed E-state index contributed by atoms with van der Waals surface area (Å²) >= 11 is 1.62. The average Bonchev–Trinajstić information content (AvgIpc) is 3.29. The van der Waals surface area contributed by atoms with E-state index in [-0.39, 0.29) is 5.91 Å². The third-order valence-corrected chi connectivity index (χ3v) is 4.90. The molecule has 0 atom stereocenters. The van der Waals surface area contributed by atoms with Gasteiger partial charge in [-0.25, -0.2) is 4.98 Å². The largest absolute Gasteiger partial charge is 0.310 e. The number of carbonyl (C=O) groups is 1. The number of thiophene rings is 1. The Morgan fingerprint density at radius 2 is 1.88 bits per heavy atom. The number of aromatic nitrogens is 2. The van der Waals surface area contributed by atoms with Crippen molar-refractivity contribution in [1.29, 1.82) is 0 Å². The minimum atomic E-state index is -0.00712. The van der Waals surface area contributed by atoms with Gasteiger partial charge >= 0.3 is 0 Å². The Hall–Kier alpha value is -2.92. The van der Waals surface area contributed by atoms with Crippen molar-refractivity contribution >= 4 is 28.7 Å². The van der Waals surface area contributed by atoms with Crippen molar-refractivity contribution in [3.63, 3.8) is 0 Å². The van der Waals surface area contributed by atoms with Crippen LogP contribution in [0.4, 0.5) is 5.82 Å².